The van der Waals surface area contributed by atoms with Gasteiger partial charge in [0, 0.05) is 13.1 Å². The number of benzene rings is 3. The third-order valence-corrected chi connectivity index (χ3v) is 4.70. The Balaban J connectivity index is 1.20. The van der Waals surface area contributed by atoms with Gasteiger partial charge in [-0.1, -0.05) is 60.7 Å². The molecule has 30 heavy (non-hydrogen) atoms. The number of ether oxygens (including phenoxy) is 2. The summed E-state index contributed by atoms with van der Waals surface area (Å²) in [5, 5.41) is 6.88. The topological polar surface area (TPSA) is 42.5 Å². The molecule has 0 atom stereocenters. The minimum atomic E-state index is 0.703. The summed E-state index contributed by atoms with van der Waals surface area (Å²) in [5.74, 6) is 1.77. The van der Waals surface area contributed by atoms with E-state index in [9.17, 15) is 0 Å². The van der Waals surface area contributed by atoms with Gasteiger partial charge in [-0.15, -0.1) is 0 Å². The van der Waals surface area contributed by atoms with Gasteiger partial charge in [-0.2, -0.15) is 0 Å². The molecule has 0 aliphatic rings. The van der Waals surface area contributed by atoms with Crippen LogP contribution in [0.2, 0.25) is 0 Å². The molecule has 3 rings (SSSR count). The molecule has 0 heterocycles. The van der Waals surface area contributed by atoms with Crippen LogP contribution in [0.25, 0.3) is 0 Å². The molecular weight excluding hydrogens is 372 g/mol. The quantitative estimate of drug-likeness (QED) is 0.379. The van der Waals surface area contributed by atoms with Crippen LogP contribution >= 0.6 is 0 Å². The summed E-state index contributed by atoms with van der Waals surface area (Å²) in [4.78, 5) is 0. The first-order chi connectivity index (χ1) is 14.9. The number of hydrogen-bond donors (Lipinski definition) is 2. The normalized spacial score (nSPS) is 10.7. The zero-order valence-corrected chi connectivity index (χ0v) is 17.6. The van der Waals surface area contributed by atoms with Crippen LogP contribution in [-0.2, 0) is 13.1 Å². The minimum Gasteiger partial charge on any atom is -0.494 e. The summed E-state index contributed by atoms with van der Waals surface area (Å²) < 4.78 is 11.6. The maximum atomic E-state index is 5.81. The number of rotatable bonds is 14. The lowest BCUT2D eigenvalue weighted by atomic mass is 10.2. The van der Waals surface area contributed by atoms with E-state index in [0.717, 1.165) is 50.5 Å². The Hall–Kier alpha value is -2.82. The lowest BCUT2D eigenvalue weighted by Crippen LogP contribution is -2.17. The van der Waals surface area contributed by atoms with Crippen LogP contribution in [0.5, 0.6) is 11.5 Å². The van der Waals surface area contributed by atoms with E-state index < -0.39 is 0 Å². The van der Waals surface area contributed by atoms with Crippen LogP contribution in [0.1, 0.15) is 24.0 Å². The van der Waals surface area contributed by atoms with E-state index in [4.69, 9.17) is 9.47 Å². The van der Waals surface area contributed by atoms with Crippen molar-refractivity contribution < 1.29 is 9.47 Å². The predicted molar refractivity (Wildman–Crippen MR) is 123 cm³/mol. The van der Waals surface area contributed by atoms with E-state index in [1.807, 2.05) is 36.4 Å². The van der Waals surface area contributed by atoms with Crippen LogP contribution in [0, 0.1) is 0 Å². The first kappa shape index (κ1) is 21.9. The molecular formula is C26H32N2O2. The summed E-state index contributed by atoms with van der Waals surface area (Å²) in [6.45, 7) is 5.08. The van der Waals surface area contributed by atoms with Crippen LogP contribution in [0.15, 0.2) is 84.9 Å². The van der Waals surface area contributed by atoms with E-state index >= 15 is 0 Å². The molecule has 0 radical (unpaired) electrons. The summed E-state index contributed by atoms with van der Waals surface area (Å²) in [6, 6.07) is 28.8. The van der Waals surface area contributed by atoms with Crippen LogP contribution in [0.3, 0.4) is 0 Å². The molecule has 0 aliphatic carbocycles. The second kappa shape index (κ2) is 13.4. The van der Waals surface area contributed by atoms with Gasteiger partial charge in [-0.05, 0) is 61.3 Å². The van der Waals surface area contributed by atoms with Crippen LogP contribution < -0.4 is 20.1 Å². The standard InChI is InChI=1S/C26H32N2O2/c1-3-9-23(10-4-1)21-27-17-7-19-29-25-13-15-26(16-14-25)30-20-8-18-28-22-24-11-5-2-6-12-24/h1-6,9-16,27-28H,7-8,17-22H2. The Bertz CT molecular complexity index is 737. The molecule has 0 bridgehead atoms. The van der Waals surface area contributed by atoms with E-state index in [-0.39, 0.29) is 0 Å². The first-order valence-corrected chi connectivity index (χ1v) is 10.7. The molecule has 158 valence electrons. The highest BCUT2D eigenvalue weighted by Crippen LogP contribution is 2.17. The van der Waals surface area contributed by atoms with Gasteiger partial charge in [0.1, 0.15) is 11.5 Å². The number of nitrogens with one attached hydrogen (secondary N) is 2. The van der Waals surface area contributed by atoms with Crippen molar-refractivity contribution in [3.05, 3.63) is 96.1 Å². The Morgan fingerprint density at radius 2 is 0.900 bits per heavy atom. The van der Waals surface area contributed by atoms with Gasteiger partial charge in [-0.3, -0.25) is 0 Å². The fourth-order valence-corrected chi connectivity index (χ4v) is 3.06. The molecule has 0 unspecified atom stereocenters. The molecule has 3 aromatic carbocycles. The number of hydrogen-bond acceptors (Lipinski definition) is 4. The van der Waals surface area contributed by atoms with Crippen LogP contribution in [0.4, 0.5) is 0 Å². The molecule has 4 heteroatoms. The zero-order valence-electron chi connectivity index (χ0n) is 17.6. The maximum absolute atomic E-state index is 5.81. The van der Waals surface area contributed by atoms with Crippen molar-refractivity contribution >= 4 is 0 Å². The minimum absolute atomic E-state index is 0.703. The Kier molecular flexibility index (Phi) is 9.78. The zero-order chi connectivity index (χ0) is 20.7. The molecule has 0 fully saturated rings. The maximum Gasteiger partial charge on any atom is 0.119 e. The third kappa shape index (κ3) is 8.68. The van der Waals surface area contributed by atoms with Gasteiger partial charge < -0.3 is 20.1 Å². The monoisotopic (exact) mass is 404 g/mol. The predicted octanol–water partition coefficient (Wildman–Crippen LogP) is 4.80. The van der Waals surface area contributed by atoms with Gasteiger partial charge >= 0.3 is 0 Å². The van der Waals surface area contributed by atoms with Crippen molar-refractivity contribution in [3.63, 3.8) is 0 Å². The van der Waals surface area contributed by atoms with Gasteiger partial charge in [0.05, 0.1) is 13.2 Å². The lowest BCUT2D eigenvalue weighted by molar-refractivity contribution is 0.300. The molecule has 0 saturated heterocycles. The SMILES string of the molecule is c1ccc(CNCCCOc2ccc(OCCCNCc3ccccc3)cc2)cc1. The summed E-state index contributed by atoms with van der Waals surface area (Å²) in [7, 11) is 0. The highest BCUT2D eigenvalue weighted by Gasteiger charge is 1.98. The van der Waals surface area contributed by atoms with Gasteiger partial charge in [0.25, 0.3) is 0 Å². The van der Waals surface area contributed by atoms with Crippen molar-refractivity contribution in [2.24, 2.45) is 0 Å². The molecule has 4 nitrogen and oxygen atoms in total. The molecule has 0 aromatic heterocycles. The molecule has 3 aromatic rings. The van der Waals surface area contributed by atoms with Crippen molar-refractivity contribution in [2.75, 3.05) is 26.3 Å². The summed E-state index contributed by atoms with van der Waals surface area (Å²) >= 11 is 0. The Morgan fingerprint density at radius 1 is 0.500 bits per heavy atom. The summed E-state index contributed by atoms with van der Waals surface area (Å²) in [6.07, 6.45) is 1.95. The highest BCUT2D eigenvalue weighted by molar-refractivity contribution is 5.31. The Labute approximate surface area is 180 Å². The van der Waals surface area contributed by atoms with Gasteiger partial charge in [-0.25, -0.2) is 0 Å². The Morgan fingerprint density at radius 3 is 1.30 bits per heavy atom. The van der Waals surface area contributed by atoms with E-state index in [1.54, 1.807) is 0 Å². The van der Waals surface area contributed by atoms with Crippen LogP contribution in [-0.4, -0.2) is 26.3 Å². The fourth-order valence-electron chi connectivity index (χ4n) is 3.06. The van der Waals surface area contributed by atoms with Gasteiger partial charge in [0.2, 0.25) is 0 Å². The molecule has 2 N–H and O–H groups in total. The van der Waals surface area contributed by atoms with E-state index in [0.29, 0.717) is 13.2 Å². The fraction of sp³-hybridized carbons (Fsp3) is 0.308. The third-order valence-electron chi connectivity index (χ3n) is 4.70. The van der Waals surface area contributed by atoms with Crippen molar-refractivity contribution in [2.45, 2.75) is 25.9 Å². The smallest absolute Gasteiger partial charge is 0.119 e. The first-order valence-electron chi connectivity index (χ1n) is 10.7. The molecule has 0 spiro atoms. The average molecular weight is 405 g/mol. The summed E-state index contributed by atoms with van der Waals surface area (Å²) in [5.41, 5.74) is 2.61. The van der Waals surface area contributed by atoms with Crippen molar-refractivity contribution in [1.29, 1.82) is 0 Å². The van der Waals surface area contributed by atoms with E-state index in [2.05, 4.69) is 59.2 Å². The lowest BCUT2D eigenvalue weighted by Gasteiger charge is -2.10. The largest absolute Gasteiger partial charge is 0.494 e. The van der Waals surface area contributed by atoms with Crippen molar-refractivity contribution in [3.8, 4) is 11.5 Å². The molecule has 0 aliphatic heterocycles. The second-order valence-electron chi connectivity index (χ2n) is 7.20. The second-order valence-corrected chi connectivity index (χ2v) is 7.20. The van der Waals surface area contributed by atoms with Gasteiger partial charge in [0.15, 0.2) is 0 Å². The molecule has 0 saturated carbocycles. The molecule has 0 amide bonds. The van der Waals surface area contributed by atoms with E-state index in [1.165, 1.54) is 11.1 Å². The van der Waals surface area contributed by atoms with Crippen molar-refractivity contribution in [1.82, 2.24) is 10.6 Å². The highest BCUT2D eigenvalue weighted by atomic mass is 16.5. The average Bonchev–Trinajstić information content (AvgIpc) is 2.81.